The Morgan fingerprint density at radius 1 is 1.44 bits per heavy atom. The molecule has 94 valence electrons. The minimum atomic E-state index is 0.390. The molecule has 3 nitrogen and oxygen atoms in total. The molecule has 3 rings (SSSR count). The Balaban J connectivity index is 1.99. The van der Waals surface area contributed by atoms with Gasteiger partial charge in [0.25, 0.3) is 0 Å². The SMILES string of the molecule is Cc1nc(Br)cc(N2CCc3sccc3C2C)n1. The highest BCUT2D eigenvalue weighted by atomic mass is 79.9. The standard InChI is InChI=1S/C13H14BrN3S/c1-8-10-4-6-18-11(10)3-5-17(8)13-7-12(14)15-9(2)16-13/h4,6-8H,3,5H2,1-2H3. The predicted molar refractivity (Wildman–Crippen MR) is 78.3 cm³/mol. The summed E-state index contributed by atoms with van der Waals surface area (Å²) in [6, 6.07) is 4.63. The first kappa shape index (κ1) is 12.1. The van der Waals surface area contributed by atoms with Gasteiger partial charge in [-0.2, -0.15) is 0 Å². The summed E-state index contributed by atoms with van der Waals surface area (Å²) in [7, 11) is 0. The van der Waals surface area contributed by atoms with E-state index in [4.69, 9.17) is 0 Å². The Labute approximate surface area is 119 Å². The van der Waals surface area contributed by atoms with Crippen LogP contribution in [0.2, 0.25) is 0 Å². The summed E-state index contributed by atoms with van der Waals surface area (Å²) in [4.78, 5) is 12.7. The fraction of sp³-hybridized carbons (Fsp3) is 0.385. The van der Waals surface area contributed by atoms with Crippen LogP contribution < -0.4 is 4.90 Å². The maximum atomic E-state index is 4.55. The average molecular weight is 324 g/mol. The maximum Gasteiger partial charge on any atom is 0.133 e. The van der Waals surface area contributed by atoms with Gasteiger partial charge in [-0.15, -0.1) is 11.3 Å². The van der Waals surface area contributed by atoms with Crippen molar-refractivity contribution in [3.8, 4) is 0 Å². The predicted octanol–water partition coefficient (Wildman–Crippen LogP) is 3.73. The summed E-state index contributed by atoms with van der Waals surface area (Å²) in [6.07, 6.45) is 1.11. The van der Waals surface area contributed by atoms with Crippen LogP contribution in [-0.4, -0.2) is 16.5 Å². The van der Waals surface area contributed by atoms with Crippen molar-refractivity contribution < 1.29 is 0 Å². The number of fused-ring (bicyclic) bond motifs is 1. The van der Waals surface area contributed by atoms with E-state index in [1.54, 1.807) is 0 Å². The van der Waals surface area contributed by atoms with Gasteiger partial charge in [0.15, 0.2) is 0 Å². The number of aryl methyl sites for hydroxylation is 1. The van der Waals surface area contributed by atoms with Gasteiger partial charge in [0.2, 0.25) is 0 Å². The third-order valence-electron chi connectivity index (χ3n) is 3.36. The highest BCUT2D eigenvalue weighted by Crippen LogP contribution is 2.35. The van der Waals surface area contributed by atoms with Gasteiger partial charge in [0, 0.05) is 17.5 Å². The second-order valence-electron chi connectivity index (χ2n) is 4.51. The number of rotatable bonds is 1. The van der Waals surface area contributed by atoms with Crippen LogP contribution in [-0.2, 0) is 6.42 Å². The largest absolute Gasteiger partial charge is 0.349 e. The Hall–Kier alpha value is -0.940. The molecule has 0 aromatic carbocycles. The lowest BCUT2D eigenvalue weighted by molar-refractivity contribution is 0.622. The van der Waals surface area contributed by atoms with Crippen molar-refractivity contribution in [2.24, 2.45) is 0 Å². The first-order valence-electron chi connectivity index (χ1n) is 5.99. The van der Waals surface area contributed by atoms with E-state index in [0.717, 1.165) is 29.2 Å². The molecule has 2 aromatic rings. The Bertz CT molecular complexity index is 561. The van der Waals surface area contributed by atoms with Crippen molar-refractivity contribution in [2.75, 3.05) is 11.4 Å². The highest BCUT2D eigenvalue weighted by Gasteiger charge is 2.25. The number of anilines is 1. The van der Waals surface area contributed by atoms with Crippen LogP contribution in [0.4, 0.5) is 5.82 Å². The van der Waals surface area contributed by atoms with Gasteiger partial charge in [0.05, 0.1) is 6.04 Å². The molecule has 0 fully saturated rings. The number of aromatic nitrogens is 2. The monoisotopic (exact) mass is 323 g/mol. The van der Waals surface area contributed by atoms with E-state index in [-0.39, 0.29) is 0 Å². The first-order valence-corrected chi connectivity index (χ1v) is 7.66. The van der Waals surface area contributed by atoms with Crippen LogP contribution in [0.1, 0.15) is 29.2 Å². The lowest BCUT2D eigenvalue weighted by atomic mass is 10.0. The van der Waals surface area contributed by atoms with Crippen LogP contribution in [0, 0.1) is 6.92 Å². The molecule has 5 heteroatoms. The molecular formula is C13H14BrN3S. The van der Waals surface area contributed by atoms with E-state index in [9.17, 15) is 0 Å². The molecule has 0 saturated heterocycles. The van der Waals surface area contributed by atoms with E-state index in [0.29, 0.717) is 6.04 Å². The van der Waals surface area contributed by atoms with Crippen molar-refractivity contribution in [3.63, 3.8) is 0 Å². The van der Waals surface area contributed by atoms with Crippen molar-refractivity contribution >= 4 is 33.1 Å². The minimum absolute atomic E-state index is 0.390. The van der Waals surface area contributed by atoms with Crippen molar-refractivity contribution in [1.29, 1.82) is 0 Å². The van der Waals surface area contributed by atoms with Gasteiger partial charge >= 0.3 is 0 Å². The highest BCUT2D eigenvalue weighted by molar-refractivity contribution is 9.10. The fourth-order valence-corrected chi connectivity index (χ4v) is 3.91. The molecule has 0 bridgehead atoms. The third-order valence-corrected chi connectivity index (χ3v) is 4.77. The molecule has 2 aromatic heterocycles. The van der Waals surface area contributed by atoms with Crippen LogP contribution in [0.5, 0.6) is 0 Å². The summed E-state index contributed by atoms with van der Waals surface area (Å²) < 4.78 is 0.855. The molecule has 1 aliphatic heterocycles. The van der Waals surface area contributed by atoms with Crippen molar-refractivity contribution in [1.82, 2.24) is 9.97 Å². The number of thiophene rings is 1. The van der Waals surface area contributed by atoms with Gasteiger partial charge in [-0.25, -0.2) is 9.97 Å². The summed E-state index contributed by atoms with van der Waals surface area (Å²) in [5.74, 6) is 1.82. The van der Waals surface area contributed by atoms with E-state index in [2.05, 4.69) is 49.2 Å². The zero-order valence-corrected chi connectivity index (χ0v) is 12.8. The van der Waals surface area contributed by atoms with E-state index < -0.39 is 0 Å². The summed E-state index contributed by atoms with van der Waals surface area (Å²) in [5.41, 5.74) is 1.44. The normalized spacial score (nSPS) is 18.8. The molecule has 0 spiro atoms. The molecule has 0 saturated carbocycles. The molecular weight excluding hydrogens is 310 g/mol. The first-order chi connectivity index (χ1) is 8.65. The second-order valence-corrected chi connectivity index (χ2v) is 6.33. The molecule has 0 N–H and O–H groups in total. The number of halogens is 1. The zero-order valence-electron chi connectivity index (χ0n) is 10.4. The topological polar surface area (TPSA) is 29.0 Å². The van der Waals surface area contributed by atoms with Gasteiger partial charge in [-0.05, 0) is 53.2 Å². The van der Waals surface area contributed by atoms with E-state index in [1.807, 2.05) is 24.3 Å². The van der Waals surface area contributed by atoms with Crippen LogP contribution in [0.15, 0.2) is 22.1 Å². The summed E-state index contributed by atoms with van der Waals surface area (Å²) >= 11 is 5.31. The van der Waals surface area contributed by atoms with Crippen molar-refractivity contribution in [3.05, 3.63) is 38.4 Å². The quantitative estimate of drug-likeness (QED) is 0.749. The Morgan fingerprint density at radius 2 is 2.28 bits per heavy atom. The number of hydrogen-bond acceptors (Lipinski definition) is 4. The van der Waals surface area contributed by atoms with Gasteiger partial charge in [-0.3, -0.25) is 0 Å². The van der Waals surface area contributed by atoms with Crippen LogP contribution in [0.25, 0.3) is 0 Å². The van der Waals surface area contributed by atoms with Gasteiger partial charge in [-0.1, -0.05) is 0 Å². The molecule has 1 aliphatic rings. The molecule has 0 amide bonds. The molecule has 1 atom stereocenters. The van der Waals surface area contributed by atoms with E-state index >= 15 is 0 Å². The fourth-order valence-electron chi connectivity index (χ4n) is 2.49. The Kier molecular flexibility index (Phi) is 3.11. The number of nitrogens with zero attached hydrogens (tertiary/aromatic N) is 3. The molecule has 0 radical (unpaired) electrons. The lowest BCUT2D eigenvalue weighted by Gasteiger charge is -2.34. The number of hydrogen-bond donors (Lipinski definition) is 0. The Morgan fingerprint density at radius 3 is 3.06 bits per heavy atom. The molecule has 0 aliphatic carbocycles. The van der Waals surface area contributed by atoms with Crippen molar-refractivity contribution in [2.45, 2.75) is 26.3 Å². The molecule has 3 heterocycles. The smallest absolute Gasteiger partial charge is 0.133 e. The second kappa shape index (κ2) is 4.63. The van der Waals surface area contributed by atoms with Gasteiger partial charge in [0.1, 0.15) is 16.2 Å². The van der Waals surface area contributed by atoms with Crippen LogP contribution >= 0.6 is 27.3 Å². The third kappa shape index (κ3) is 2.06. The van der Waals surface area contributed by atoms with Crippen LogP contribution in [0.3, 0.4) is 0 Å². The van der Waals surface area contributed by atoms with E-state index in [1.165, 1.54) is 10.4 Å². The zero-order chi connectivity index (χ0) is 12.7. The maximum absolute atomic E-state index is 4.55. The summed E-state index contributed by atoms with van der Waals surface area (Å²) in [6.45, 7) is 5.20. The minimum Gasteiger partial charge on any atom is -0.349 e. The molecule has 18 heavy (non-hydrogen) atoms. The average Bonchev–Trinajstić information content (AvgIpc) is 2.77. The lowest BCUT2D eigenvalue weighted by Crippen LogP contribution is -2.33. The summed E-state index contributed by atoms with van der Waals surface area (Å²) in [5, 5.41) is 2.19. The van der Waals surface area contributed by atoms with Gasteiger partial charge < -0.3 is 4.90 Å². The molecule has 1 unspecified atom stereocenters.